The molecule has 2 heteroatoms. The molecular formula is C18H31NO. The zero-order chi connectivity index (χ0) is 14.8. The highest BCUT2D eigenvalue weighted by molar-refractivity contribution is 5.25. The highest BCUT2D eigenvalue weighted by atomic mass is 16.5. The lowest BCUT2D eigenvalue weighted by Gasteiger charge is -2.19. The van der Waals surface area contributed by atoms with E-state index in [4.69, 9.17) is 4.74 Å². The summed E-state index contributed by atoms with van der Waals surface area (Å²) in [6, 6.07) is 9.33. The van der Waals surface area contributed by atoms with E-state index in [9.17, 15) is 0 Å². The second kappa shape index (κ2) is 9.95. The molecule has 2 nitrogen and oxygen atoms in total. The molecule has 0 saturated heterocycles. The van der Waals surface area contributed by atoms with Crippen molar-refractivity contribution in [3.8, 4) is 0 Å². The Morgan fingerprint density at radius 3 is 2.30 bits per heavy atom. The van der Waals surface area contributed by atoms with Crippen LogP contribution in [0.2, 0.25) is 0 Å². The Labute approximate surface area is 124 Å². The second-order valence-corrected chi connectivity index (χ2v) is 5.92. The molecule has 0 fully saturated rings. The van der Waals surface area contributed by atoms with Crippen molar-refractivity contribution in [1.82, 2.24) is 5.32 Å². The standard InChI is InChI=1S/C18H31NO/c1-5-11-19-18(14-20-12-6-2)17-9-7-16(8-10-17)13-15(3)4/h7-10,15,18-19H,5-6,11-14H2,1-4H3. The number of hydrogen-bond acceptors (Lipinski definition) is 2. The van der Waals surface area contributed by atoms with Crippen LogP contribution in [0.1, 0.15) is 57.7 Å². The first-order chi connectivity index (χ1) is 9.67. The van der Waals surface area contributed by atoms with Crippen molar-refractivity contribution in [2.24, 2.45) is 5.92 Å². The molecule has 0 bridgehead atoms. The number of hydrogen-bond donors (Lipinski definition) is 1. The van der Waals surface area contributed by atoms with Crippen molar-refractivity contribution in [2.75, 3.05) is 19.8 Å². The third-order valence-corrected chi connectivity index (χ3v) is 3.30. The van der Waals surface area contributed by atoms with Gasteiger partial charge in [0.05, 0.1) is 12.6 Å². The van der Waals surface area contributed by atoms with Gasteiger partial charge >= 0.3 is 0 Å². The fourth-order valence-corrected chi connectivity index (χ4v) is 2.29. The van der Waals surface area contributed by atoms with Gasteiger partial charge in [0, 0.05) is 6.61 Å². The first kappa shape index (κ1) is 17.2. The summed E-state index contributed by atoms with van der Waals surface area (Å²) < 4.78 is 5.73. The van der Waals surface area contributed by atoms with Gasteiger partial charge in [0.1, 0.15) is 0 Å². The Morgan fingerprint density at radius 2 is 1.75 bits per heavy atom. The summed E-state index contributed by atoms with van der Waals surface area (Å²) in [7, 11) is 0. The average molecular weight is 277 g/mol. The maximum atomic E-state index is 5.73. The van der Waals surface area contributed by atoms with Crippen LogP contribution in [0.3, 0.4) is 0 Å². The van der Waals surface area contributed by atoms with Crippen LogP contribution in [-0.4, -0.2) is 19.8 Å². The molecule has 114 valence electrons. The Kier molecular flexibility index (Phi) is 8.56. The van der Waals surface area contributed by atoms with Crippen molar-refractivity contribution in [1.29, 1.82) is 0 Å². The van der Waals surface area contributed by atoms with E-state index in [1.54, 1.807) is 0 Å². The van der Waals surface area contributed by atoms with E-state index in [1.807, 2.05) is 0 Å². The molecule has 0 aliphatic heterocycles. The summed E-state index contributed by atoms with van der Waals surface area (Å²) in [5, 5.41) is 3.58. The first-order valence-electron chi connectivity index (χ1n) is 8.07. The molecule has 0 spiro atoms. The minimum atomic E-state index is 0.314. The predicted octanol–water partition coefficient (Wildman–Crippen LogP) is 4.35. The number of ether oxygens (including phenoxy) is 1. The van der Waals surface area contributed by atoms with E-state index in [2.05, 4.69) is 57.3 Å². The fraction of sp³-hybridized carbons (Fsp3) is 0.667. The SMILES string of the molecule is CCCNC(COCCC)c1ccc(CC(C)C)cc1. The number of rotatable bonds is 10. The van der Waals surface area contributed by atoms with Crippen molar-refractivity contribution in [3.63, 3.8) is 0 Å². The predicted molar refractivity (Wildman–Crippen MR) is 87.1 cm³/mol. The molecule has 1 aromatic carbocycles. The molecule has 1 N–H and O–H groups in total. The van der Waals surface area contributed by atoms with Crippen molar-refractivity contribution in [2.45, 2.75) is 53.0 Å². The van der Waals surface area contributed by atoms with Crippen LogP contribution in [0.4, 0.5) is 0 Å². The maximum absolute atomic E-state index is 5.73. The molecule has 1 atom stereocenters. The van der Waals surface area contributed by atoms with Crippen LogP contribution in [0, 0.1) is 5.92 Å². The molecular weight excluding hydrogens is 246 g/mol. The molecule has 0 saturated carbocycles. The Hall–Kier alpha value is -0.860. The lowest BCUT2D eigenvalue weighted by molar-refractivity contribution is 0.112. The van der Waals surface area contributed by atoms with Crippen molar-refractivity contribution >= 4 is 0 Å². The van der Waals surface area contributed by atoms with Gasteiger partial charge in [-0.3, -0.25) is 0 Å². The average Bonchev–Trinajstić information content (AvgIpc) is 2.43. The molecule has 0 aromatic heterocycles. The smallest absolute Gasteiger partial charge is 0.0661 e. The third-order valence-electron chi connectivity index (χ3n) is 3.30. The normalized spacial score (nSPS) is 12.8. The Morgan fingerprint density at radius 1 is 1.05 bits per heavy atom. The molecule has 1 aromatic rings. The van der Waals surface area contributed by atoms with Gasteiger partial charge < -0.3 is 10.1 Å². The van der Waals surface area contributed by atoms with Gasteiger partial charge in [0.25, 0.3) is 0 Å². The van der Waals surface area contributed by atoms with Crippen LogP contribution >= 0.6 is 0 Å². The zero-order valence-electron chi connectivity index (χ0n) is 13.6. The monoisotopic (exact) mass is 277 g/mol. The lowest BCUT2D eigenvalue weighted by Crippen LogP contribution is -2.26. The largest absolute Gasteiger partial charge is 0.379 e. The van der Waals surface area contributed by atoms with Crippen LogP contribution in [0.15, 0.2) is 24.3 Å². The highest BCUT2D eigenvalue weighted by Crippen LogP contribution is 2.16. The summed E-state index contributed by atoms with van der Waals surface area (Å²) in [5.41, 5.74) is 2.76. The summed E-state index contributed by atoms with van der Waals surface area (Å²) in [5.74, 6) is 0.711. The minimum absolute atomic E-state index is 0.314. The second-order valence-electron chi connectivity index (χ2n) is 5.92. The van der Waals surface area contributed by atoms with E-state index >= 15 is 0 Å². The van der Waals surface area contributed by atoms with Gasteiger partial charge in [0.15, 0.2) is 0 Å². The van der Waals surface area contributed by atoms with Crippen LogP contribution < -0.4 is 5.32 Å². The van der Waals surface area contributed by atoms with Gasteiger partial charge in [-0.05, 0) is 42.9 Å². The van der Waals surface area contributed by atoms with Crippen LogP contribution in [0.5, 0.6) is 0 Å². The molecule has 0 aliphatic rings. The maximum Gasteiger partial charge on any atom is 0.0661 e. The van der Waals surface area contributed by atoms with Crippen molar-refractivity contribution < 1.29 is 4.74 Å². The van der Waals surface area contributed by atoms with E-state index in [0.717, 1.165) is 39.0 Å². The summed E-state index contributed by atoms with van der Waals surface area (Å²) >= 11 is 0. The van der Waals surface area contributed by atoms with Crippen LogP contribution in [-0.2, 0) is 11.2 Å². The number of benzene rings is 1. The summed E-state index contributed by atoms with van der Waals surface area (Å²) in [6.07, 6.45) is 3.38. The molecule has 1 rings (SSSR count). The molecule has 20 heavy (non-hydrogen) atoms. The highest BCUT2D eigenvalue weighted by Gasteiger charge is 2.10. The Bertz CT molecular complexity index is 345. The molecule has 0 heterocycles. The zero-order valence-corrected chi connectivity index (χ0v) is 13.6. The van der Waals surface area contributed by atoms with Gasteiger partial charge in [-0.15, -0.1) is 0 Å². The first-order valence-corrected chi connectivity index (χ1v) is 8.07. The third kappa shape index (κ3) is 6.53. The molecule has 1 unspecified atom stereocenters. The summed E-state index contributed by atoms with van der Waals surface area (Å²) in [6.45, 7) is 11.5. The quantitative estimate of drug-likeness (QED) is 0.642. The minimum Gasteiger partial charge on any atom is -0.379 e. The number of nitrogens with one attached hydrogen (secondary N) is 1. The van der Waals surface area contributed by atoms with E-state index in [0.29, 0.717) is 12.0 Å². The summed E-state index contributed by atoms with van der Waals surface area (Å²) in [4.78, 5) is 0. The molecule has 0 aliphatic carbocycles. The van der Waals surface area contributed by atoms with E-state index in [1.165, 1.54) is 11.1 Å². The topological polar surface area (TPSA) is 21.3 Å². The van der Waals surface area contributed by atoms with Gasteiger partial charge in [-0.25, -0.2) is 0 Å². The van der Waals surface area contributed by atoms with E-state index < -0.39 is 0 Å². The van der Waals surface area contributed by atoms with Gasteiger partial charge in [0.2, 0.25) is 0 Å². The molecule has 0 amide bonds. The van der Waals surface area contributed by atoms with Gasteiger partial charge in [-0.2, -0.15) is 0 Å². The van der Waals surface area contributed by atoms with Crippen LogP contribution in [0.25, 0.3) is 0 Å². The fourth-order valence-electron chi connectivity index (χ4n) is 2.29. The van der Waals surface area contributed by atoms with Crippen molar-refractivity contribution in [3.05, 3.63) is 35.4 Å². The lowest BCUT2D eigenvalue weighted by atomic mass is 9.99. The molecule has 0 radical (unpaired) electrons. The Balaban J connectivity index is 2.63. The van der Waals surface area contributed by atoms with Gasteiger partial charge in [-0.1, -0.05) is 52.0 Å². The van der Waals surface area contributed by atoms with E-state index in [-0.39, 0.29) is 0 Å².